The third-order valence-electron chi connectivity index (χ3n) is 4.35. The Morgan fingerprint density at radius 1 is 1.07 bits per heavy atom. The molecule has 6 nitrogen and oxygen atoms in total. The largest absolute Gasteiger partial charge is 0.353 e. The molecule has 1 heterocycles. The van der Waals surface area contributed by atoms with Crippen molar-refractivity contribution in [1.82, 2.24) is 15.5 Å². The molecule has 1 atom stereocenters. The molecule has 1 aromatic heterocycles. The minimum atomic E-state index is -0.304. The van der Waals surface area contributed by atoms with Crippen molar-refractivity contribution in [3.63, 3.8) is 0 Å². The SMILES string of the molecule is Cc1ccc(NC(=O)c2nnc(SCC(=O)N[C@H](C)CCc3ccccc3)s2)cc1. The molecule has 0 unspecified atom stereocenters. The predicted octanol–water partition coefficient (Wildman–Crippen LogP) is 4.33. The number of aromatic nitrogens is 2. The molecule has 8 heteroatoms. The molecule has 30 heavy (non-hydrogen) atoms. The summed E-state index contributed by atoms with van der Waals surface area (Å²) in [5.41, 5.74) is 3.09. The standard InChI is InChI=1S/C22H24N4O2S2/c1-15-8-12-18(13-9-15)24-20(28)21-25-26-22(30-21)29-14-19(27)23-16(2)10-11-17-6-4-3-5-7-17/h3-9,12-13,16H,10-11,14H2,1-2H3,(H,23,27)(H,24,28)/t16-/m1/s1. The van der Waals surface area contributed by atoms with Crippen molar-refractivity contribution in [1.29, 1.82) is 0 Å². The Bertz CT molecular complexity index is 974. The predicted molar refractivity (Wildman–Crippen MR) is 122 cm³/mol. The Hall–Kier alpha value is -2.71. The van der Waals surface area contributed by atoms with E-state index in [9.17, 15) is 9.59 Å². The van der Waals surface area contributed by atoms with Crippen LogP contribution in [0.1, 0.15) is 34.3 Å². The van der Waals surface area contributed by atoms with Crippen LogP contribution >= 0.6 is 23.1 Å². The summed E-state index contributed by atoms with van der Waals surface area (Å²) in [6.07, 6.45) is 1.80. The molecule has 2 amide bonds. The molecule has 0 fully saturated rings. The van der Waals surface area contributed by atoms with Crippen LogP contribution in [0.15, 0.2) is 58.9 Å². The number of amides is 2. The number of nitrogens with zero attached hydrogens (tertiary/aromatic N) is 2. The number of benzene rings is 2. The number of rotatable bonds is 9. The highest BCUT2D eigenvalue weighted by Gasteiger charge is 2.15. The molecule has 0 bridgehead atoms. The number of carbonyl (C=O) groups excluding carboxylic acids is 2. The minimum absolute atomic E-state index is 0.0542. The zero-order valence-corrected chi connectivity index (χ0v) is 18.6. The Kier molecular flexibility index (Phi) is 7.98. The summed E-state index contributed by atoms with van der Waals surface area (Å²) in [4.78, 5) is 24.5. The van der Waals surface area contributed by atoms with Gasteiger partial charge >= 0.3 is 0 Å². The lowest BCUT2D eigenvalue weighted by Gasteiger charge is -2.13. The first-order valence-electron chi connectivity index (χ1n) is 9.67. The summed E-state index contributed by atoms with van der Waals surface area (Å²) in [5.74, 6) is -0.118. The van der Waals surface area contributed by atoms with Crippen LogP contribution in [-0.2, 0) is 11.2 Å². The molecule has 0 saturated carbocycles. The molecule has 156 valence electrons. The second kappa shape index (κ2) is 10.9. The smallest absolute Gasteiger partial charge is 0.286 e. The van der Waals surface area contributed by atoms with Crippen LogP contribution in [0.25, 0.3) is 0 Å². The number of anilines is 1. The summed E-state index contributed by atoms with van der Waals surface area (Å²) in [5, 5.41) is 14.0. The van der Waals surface area contributed by atoms with Gasteiger partial charge < -0.3 is 10.6 Å². The topological polar surface area (TPSA) is 84.0 Å². The van der Waals surface area contributed by atoms with Gasteiger partial charge in [0.15, 0.2) is 4.34 Å². The van der Waals surface area contributed by atoms with Gasteiger partial charge in [0.1, 0.15) is 0 Å². The molecule has 0 saturated heterocycles. The van der Waals surface area contributed by atoms with Crippen molar-refractivity contribution in [2.75, 3.05) is 11.1 Å². The highest BCUT2D eigenvalue weighted by Crippen LogP contribution is 2.23. The van der Waals surface area contributed by atoms with E-state index in [-0.39, 0.29) is 28.6 Å². The Morgan fingerprint density at radius 3 is 2.53 bits per heavy atom. The number of thioether (sulfide) groups is 1. The van der Waals surface area contributed by atoms with Crippen LogP contribution in [0.3, 0.4) is 0 Å². The zero-order valence-electron chi connectivity index (χ0n) is 16.9. The van der Waals surface area contributed by atoms with E-state index in [1.165, 1.54) is 28.7 Å². The molecular weight excluding hydrogens is 416 g/mol. The van der Waals surface area contributed by atoms with Crippen molar-refractivity contribution in [3.05, 3.63) is 70.7 Å². The van der Waals surface area contributed by atoms with Crippen molar-refractivity contribution in [2.24, 2.45) is 0 Å². The molecule has 2 aromatic carbocycles. The molecule has 3 rings (SSSR count). The zero-order chi connectivity index (χ0) is 21.3. The van der Waals surface area contributed by atoms with E-state index < -0.39 is 0 Å². The Morgan fingerprint density at radius 2 is 1.80 bits per heavy atom. The average Bonchev–Trinajstić information content (AvgIpc) is 3.22. The summed E-state index contributed by atoms with van der Waals surface area (Å²) < 4.78 is 0.594. The lowest BCUT2D eigenvalue weighted by molar-refractivity contribution is -0.119. The maximum absolute atomic E-state index is 12.3. The third-order valence-corrected chi connectivity index (χ3v) is 6.41. The third kappa shape index (κ3) is 6.96. The molecule has 0 radical (unpaired) electrons. The maximum Gasteiger partial charge on any atom is 0.286 e. The molecule has 0 aliphatic heterocycles. The number of aryl methyl sites for hydroxylation is 2. The summed E-state index contributed by atoms with van der Waals surface area (Å²) in [7, 11) is 0. The number of hydrogen-bond donors (Lipinski definition) is 2. The Balaban J connectivity index is 1.41. The van der Waals surface area contributed by atoms with E-state index in [4.69, 9.17) is 0 Å². The fourth-order valence-electron chi connectivity index (χ4n) is 2.73. The summed E-state index contributed by atoms with van der Waals surface area (Å²) >= 11 is 2.46. The van der Waals surface area contributed by atoms with Crippen molar-refractivity contribution in [2.45, 2.75) is 37.1 Å². The van der Waals surface area contributed by atoms with E-state index in [0.717, 1.165) is 18.4 Å². The van der Waals surface area contributed by atoms with Crippen LogP contribution in [0.4, 0.5) is 5.69 Å². The lowest BCUT2D eigenvalue weighted by atomic mass is 10.1. The van der Waals surface area contributed by atoms with Crippen molar-refractivity contribution < 1.29 is 9.59 Å². The van der Waals surface area contributed by atoms with Crippen LogP contribution < -0.4 is 10.6 Å². The van der Waals surface area contributed by atoms with Gasteiger partial charge in [0.2, 0.25) is 10.9 Å². The lowest BCUT2D eigenvalue weighted by Crippen LogP contribution is -2.34. The second-order valence-corrected chi connectivity index (χ2v) is 9.17. The van der Waals surface area contributed by atoms with E-state index >= 15 is 0 Å². The maximum atomic E-state index is 12.3. The van der Waals surface area contributed by atoms with Gasteiger partial charge in [-0.2, -0.15) is 0 Å². The summed E-state index contributed by atoms with van der Waals surface area (Å²) in [6, 6.07) is 17.8. The van der Waals surface area contributed by atoms with E-state index in [1.807, 2.05) is 56.3 Å². The summed E-state index contributed by atoms with van der Waals surface area (Å²) in [6.45, 7) is 3.99. The fourth-order valence-corrected chi connectivity index (χ4v) is 4.28. The first-order chi connectivity index (χ1) is 14.5. The molecule has 3 aromatic rings. The van der Waals surface area contributed by atoms with Gasteiger partial charge in [-0.3, -0.25) is 9.59 Å². The molecule has 0 spiro atoms. The average molecular weight is 441 g/mol. The molecule has 2 N–H and O–H groups in total. The quantitative estimate of drug-likeness (QED) is 0.484. The normalized spacial score (nSPS) is 11.7. The van der Waals surface area contributed by atoms with Crippen LogP contribution in [0.5, 0.6) is 0 Å². The van der Waals surface area contributed by atoms with Gasteiger partial charge in [0.25, 0.3) is 5.91 Å². The van der Waals surface area contributed by atoms with Gasteiger partial charge in [-0.05, 0) is 44.4 Å². The Labute approximate surface area is 184 Å². The van der Waals surface area contributed by atoms with E-state index in [0.29, 0.717) is 10.0 Å². The van der Waals surface area contributed by atoms with Gasteiger partial charge in [0.05, 0.1) is 5.75 Å². The molecule has 0 aliphatic rings. The van der Waals surface area contributed by atoms with Gasteiger partial charge in [-0.15, -0.1) is 10.2 Å². The van der Waals surface area contributed by atoms with Gasteiger partial charge in [-0.25, -0.2) is 0 Å². The van der Waals surface area contributed by atoms with Gasteiger partial charge in [-0.1, -0.05) is 71.1 Å². The highest BCUT2D eigenvalue weighted by atomic mass is 32.2. The number of hydrogen-bond acceptors (Lipinski definition) is 6. The number of nitrogens with one attached hydrogen (secondary N) is 2. The van der Waals surface area contributed by atoms with Gasteiger partial charge in [0, 0.05) is 11.7 Å². The number of carbonyl (C=O) groups is 2. The minimum Gasteiger partial charge on any atom is -0.353 e. The van der Waals surface area contributed by atoms with Crippen LogP contribution in [0, 0.1) is 6.92 Å². The van der Waals surface area contributed by atoms with E-state index in [2.05, 4.69) is 33.0 Å². The fraction of sp³-hybridized carbons (Fsp3) is 0.273. The molecular formula is C22H24N4O2S2. The van der Waals surface area contributed by atoms with Crippen LogP contribution in [-0.4, -0.2) is 33.8 Å². The highest BCUT2D eigenvalue weighted by molar-refractivity contribution is 8.01. The van der Waals surface area contributed by atoms with E-state index in [1.54, 1.807) is 0 Å². The first-order valence-corrected chi connectivity index (χ1v) is 11.5. The second-order valence-electron chi connectivity index (χ2n) is 6.97. The monoisotopic (exact) mass is 440 g/mol. The molecule has 0 aliphatic carbocycles. The van der Waals surface area contributed by atoms with Crippen molar-refractivity contribution in [3.8, 4) is 0 Å². The van der Waals surface area contributed by atoms with Crippen LogP contribution in [0.2, 0.25) is 0 Å². The van der Waals surface area contributed by atoms with Crippen molar-refractivity contribution >= 4 is 40.6 Å². The first kappa shape index (κ1) is 22.0.